The SMILES string of the molecule is Cc1ccc2c(oc3c(-n4c5ccccc5c5c(F)cccc54)c(F)ccc32)c1-c1cccc[n+]1C. The van der Waals surface area contributed by atoms with E-state index in [9.17, 15) is 0 Å². The number of aromatic nitrogens is 2. The molecule has 0 saturated heterocycles. The molecule has 0 radical (unpaired) electrons. The van der Waals surface area contributed by atoms with E-state index in [1.807, 2.05) is 79.3 Å². The summed E-state index contributed by atoms with van der Waals surface area (Å²) in [6.07, 6.45) is 1.99. The fourth-order valence-electron chi connectivity index (χ4n) is 5.49. The van der Waals surface area contributed by atoms with E-state index in [-0.39, 0.29) is 11.5 Å². The molecule has 0 amide bonds. The number of fused-ring (bicyclic) bond motifs is 6. The number of pyridine rings is 1. The Kier molecular flexibility index (Phi) is 4.33. The van der Waals surface area contributed by atoms with Crippen LogP contribution in [0.2, 0.25) is 0 Å². The van der Waals surface area contributed by atoms with Crippen molar-refractivity contribution < 1.29 is 17.8 Å². The molecule has 0 aliphatic rings. The molecule has 0 aliphatic heterocycles. The summed E-state index contributed by atoms with van der Waals surface area (Å²) in [5.74, 6) is -0.772. The highest BCUT2D eigenvalue weighted by Gasteiger charge is 2.25. The van der Waals surface area contributed by atoms with Crippen LogP contribution >= 0.6 is 0 Å². The Hall–Kier alpha value is -4.51. The van der Waals surface area contributed by atoms with Crippen LogP contribution in [0.3, 0.4) is 0 Å². The minimum atomic E-state index is -0.433. The number of benzene rings is 4. The normalized spacial score (nSPS) is 11.9. The van der Waals surface area contributed by atoms with Crippen molar-refractivity contribution >= 4 is 43.7 Å². The summed E-state index contributed by atoms with van der Waals surface area (Å²) < 4.78 is 41.2. The van der Waals surface area contributed by atoms with Crippen molar-refractivity contribution in [1.82, 2.24) is 4.57 Å². The first-order chi connectivity index (χ1) is 17.5. The first-order valence-corrected chi connectivity index (χ1v) is 11.8. The van der Waals surface area contributed by atoms with E-state index in [2.05, 4.69) is 6.07 Å². The lowest BCUT2D eigenvalue weighted by molar-refractivity contribution is -0.660. The number of nitrogens with zero attached hydrogens (tertiary/aromatic N) is 2. The molecule has 0 fully saturated rings. The van der Waals surface area contributed by atoms with E-state index in [1.54, 1.807) is 16.7 Å². The largest absolute Gasteiger partial charge is 0.453 e. The smallest absolute Gasteiger partial charge is 0.216 e. The zero-order chi connectivity index (χ0) is 24.6. The lowest BCUT2D eigenvalue weighted by Gasteiger charge is -2.09. The molecule has 0 bridgehead atoms. The average Bonchev–Trinajstić information content (AvgIpc) is 3.41. The van der Waals surface area contributed by atoms with Crippen LogP contribution in [-0.4, -0.2) is 4.57 Å². The fourth-order valence-corrected chi connectivity index (χ4v) is 5.49. The molecule has 7 rings (SSSR count). The van der Waals surface area contributed by atoms with E-state index < -0.39 is 5.82 Å². The highest BCUT2D eigenvalue weighted by Crippen LogP contribution is 2.42. The first-order valence-electron chi connectivity index (χ1n) is 11.8. The lowest BCUT2D eigenvalue weighted by Crippen LogP contribution is -2.30. The second-order valence-corrected chi connectivity index (χ2v) is 9.19. The maximum atomic E-state index is 15.8. The molecular weight excluding hydrogens is 454 g/mol. The Morgan fingerprint density at radius 2 is 1.44 bits per heavy atom. The second kappa shape index (κ2) is 7.49. The van der Waals surface area contributed by atoms with Gasteiger partial charge in [0.2, 0.25) is 5.69 Å². The molecule has 0 unspecified atom stereocenters. The molecule has 3 aromatic heterocycles. The number of hydrogen-bond donors (Lipinski definition) is 0. The summed E-state index contributed by atoms with van der Waals surface area (Å²) in [7, 11) is 1.99. The second-order valence-electron chi connectivity index (χ2n) is 9.19. The van der Waals surface area contributed by atoms with Gasteiger partial charge in [0.15, 0.2) is 17.6 Å². The number of halogens is 2. The van der Waals surface area contributed by atoms with Gasteiger partial charge in [-0.2, -0.15) is 0 Å². The van der Waals surface area contributed by atoms with Gasteiger partial charge in [-0.25, -0.2) is 13.3 Å². The minimum absolute atomic E-state index is 0.279. The topological polar surface area (TPSA) is 21.9 Å². The van der Waals surface area contributed by atoms with Crippen LogP contribution in [0.4, 0.5) is 8.78 Å². The lowest BCUT2D eigenvalue weighted by atomic mass is 10.0. The Morgan fingerprint density at radius 1 is 0.694 bits per heavy atom. The van der Waals surface area contributed by atoms with Gasteiger partial charge in [0.1, 0.15) is 24.1 Å². The zero-order valence-electron chi connectivity index (χ0n) is 19.7. The first kappa shape index (κ1) is 20.8. The van der Waals surface area contributed by atoms with Crippen molar-refractivity contribution in [2.24, 2.45) is 7.05 Å². The van der Waals surface area contributed by atoms with E-state index in [0.29, 0.717) is 22.1 Å². The Balaban J connectivity index is 1.66. The summed E-state index contributed by atoms with van der Waals surface area (Å²) in [6, 6.07) is 25.7. The standard InChI is InChI=1S/C31H21F2N2O/c1-18-13-14-19-20-15-16-23(33)29(31(20)36-30(19)27(18)25-11-5-6-17-34(25)2)35-24-10-4-3-8-21(24)28-22(32)9-7-12-26(28)35/h3-17H,1-2H3/q+1. The average molecular weight is 476 g/mol. The molecule has 0 N–H and O–H groups in total. The van der Waals surface area contributed by atoms with Gasteiger partial charge < -0.3 is 8.98 Å². The molecule has 36 heavy (non-hydrogen) atoms. The van der Waals surface area contributed by atoms with Crippen molar-refractivity contribution in [3.8, 4) is 16.9 Å². The van der Waals surface area contributed by atoms with Gasteiger partial charge in [0, 0.05) is 33.7 Å². The number of furan rings is 1. The van der Waals surface area contributed by atoms with Crippen molar-refractivity contribution in [2.45, 2.75) is 6.92 Å². The van der Waals surface area contributed by atoms with Gasteiger partial charge in [-0.3, -0.25) is 0 Å². The van der Waals surface area contributed by atoms with E-state index in [1.165, 1.54) is 12.1 Å². The minimum Gasteiger partial charge on any atom is -0.453 e. The maximum absolute atomic E-state index is 15.8. The summed E-state index contributed by atoms with van der Waals surface area (Å²) in [5.41, 5.74) is 5.75. The summed E-state index contributed by atoms with van der Waals surface area (Å²) in [6.45, 7) is 2.05. The fraction of sp³-hybridized carbons (Fsp3) is 0.0645. The zero-order valence-corrected chi connectivity index (χ0v) is 19.7. The number of rotatable bonds is 2. The number of aryl methyl sites for hydroxylation is 2. The molecule has 0 saturated carbocycles. The molecule has 174 valence electrons. The third kappa shape index (κ3) is 2.74. The van der Waals surface area contributed by atoms with Gasteiger partial charge in [-0.05, 0) is 48.9 Å². The summed E-state index contributed by atoms with van der Waals surface area (Å²) in [5, 5.41) is 2.91. The molecule has 5 heteroatoms. The monoisotopic (exact) mass is 475 g/mol. The van der Waals surface area contributed by atoms with Crippen molar-refractivity contribution in [2.75, 3.05) is 0 Å². The van der Waals surface area contributed by atoms with Crippen LogP contribution in [0.25, 0.3) is 60.7 Å². The predicted molar refractivity (Wildman–Crippen MR) is 139 cm³/mol. The molecule has 3 heterocycles. The Bertz CT molecular complexity index is 2000. The van der Waals surface area contributed by atoms with Gasteiger partial charge in [-0.1, -0.05) is 36.4 Å². The molecule has 7 aromatic rings. The Labute approximate surface area is 205 Å². The maximum Gasteiger partial charge on any atom is 0.216 e. The number of para-hydroxylation sites is 1. The van der Waals surface area contributed by atoms with Crippen molar-refractivity contribution in [1.29, 1.82) is 0 Å². The van der Waals surface area contributed by atoms with E-state index in [0.717, 1.165) is 38.5 Å². The van der Waals surface area contributed by atoms with E-state index >= 15 is 8.78 Å². The molecule has 0 atom stereocenters. The molecule has 0 aliphatic carbocycles. The van der Waals surface area contributed by atoms with Gasteiger partial charge in [0.25, 0.3) is 0 Å². The quantitative estimate of drug-likeness (QED) is 0.234. The van der Waals surface area contributed by atoms with Gasteiger partial charge in [-0.15, -0.1) is 0 Å². The summed E-state index contributed by atoms with van der Waals surface area (Å²) in [4.78, 5) is 0. The van der Waals surface area contributed by atoms with Gasteiger partial charge in [0.05, 0.1) is 16.6 Å². The van der Waals surface area contributed by atoms with Crippen molar-refractivity contribution in [3.63, 3.8) is 0 Å². The van der Waals surface area contributed by atoms with E-state index in [4.69, 9.17) is 4.42 Å². The third-order valence-corrected chi connectivity index (χ3v) is 7.12. The molecule has 3 nitrogen and oxygen atoms in total. The van der Waals surface area contributed by atoms with Crippen LogP contribution in [-0.2, 0) is 7.05 Å². The summed E-state index contributed by atoms with van der Waals surface area (Å²) >= 11 is 0. The molecule has 4 aromatic carbocycles. The van der Waals surface area contributed by atoms with Gasteiger partial charge >= 0.3 is 0 Å². The predicted octanol–water partition coefficient (Wildman–Crippen LogP) is 7.76. The van der Waals surface area contributed by atoms with Crippen LogP contribution in [0.1, 0.15) is 5.56 Å². The van der Waals surface area contributed by atoms with Crippen LogP contribution in [0.5, 0.6) is 0 Å². The van der Waals surface area contributed by atoms with Crippen LogP contribution in [0.15, 0.2) is 95.5 Å². The molecular formula is C31H21F2N2O+. The highest BCUT2D eigenvalue weighted by atomic mass is 19.1. The molecule has 0 spiro atoms. The number of hydrogen-bond acceptors (Lipinski definition) is 1. The Morgan fingerprint density at radius 3 is 2.31 bits per heavy atom. The van der Waals surface area contributed by atoms with Crippen molar-refractivity contribution in [3.05, 3.63) is 108 Å². The van der Waals surface area contributed by atoms with Crippen LogP contribution < -0.4 is 4.57 Å². The highest BCUT2D eigenvalue weighted by molar-refractivity contribution is 6.14. The third-order valence-electron chi connectivity index (χ3n) is 7.12. The van der Waals surface area contributed by atoms with Crippen LogP contribution in [0, 0.1) is 18.6 Å².